The van der Waals surface area contributed by atoms with E-state index in [2.05, 4.69) is 25.6 Å². The Balaban J connectivity index is 1.30. The van der Waals surface area contributed by atoms with Gasteiger partial charge in [-0.3, -0.25) is 32.6 Å². The second kappa shape index (κ2) is 15.9. The number of benzene rings is 5. The highest BCUT2D eigenvalue weighted by molar-refractivity contribution is 7.87. The van der Waals surface area contributed by atoms with Crippen molar-refractivity contribution < 1.29 is 71.3 Å². The summed E-state index contributed by atoms with van der Waals surface area (Å²) in [7, 11) is -19.0. The SMILES string of the molecule is Cn1c(=O)c(C(=O)c2cccc(S(=O)(=O)O)c2)c2c3c(c(Nc4cc(Nc5nc(O)nc(Oc6ccc(S(=O)(=O)O)cc6)n5)c(S(=O)(=O)O)cc4S(=O)(=O)O)ccc31)C(=O)c1ccccc1-2. The fourth-order valence-corrected chi connectivity index (χ4v) is 9.50. The van der Waals surface area contributed by atoms with Crippen molar-refractivity contribution in [3.8, 4) is 28.9 Å². The van der Waals surface area contributed by atoms with E-state index in [0.717, 1.165) is 53.1 Å². The molecule has 0 spiro atoms. The minimum atomic E-state index is -5.44. The summed E-state index contributed by atoms with van der Waals surface area (Å²) >= 11 is 0. The number of fused-ring (bicyclic) bond motifs is 2. The number of nitrogens with one attached hydrogen (secondary N) is 2. The Hall–Kier alpha value is -7.50. The molecule has 0 unspecified atom stereocenters. The number of aromatic nitrogens is 4. The third-order valence-electron chi connectivity index (χ3n) is 9.94. The summed E-state index contributed by atoms with van der Waals surface area (Å²) in [5.41, 5.74) is -3.65. The molecule has 27 heteroatoms. The standard InChI is InChI=1S/C39H26N6O17S4/c1-45-27-14-13-24(31-32(27)30(22-7-2-3-8-23(22)35(31)47)33(36(45)48)34(46)18-5-4-6-21(15-18)64(53,54)55)40-25-16-26(29(66(59,60)61)17-28(25)65(56,57)58)41-37-42-38(49)44-39(43-37)62-19-9-11-20(12-10-19)63(50,51)52/h2-17,40H,1H3,(H,50,51,52)(H,53,54,55)(H,56,57,58)(H,59,60,61)(H2,41,42,43,44,49). The van der Waals surface area contributed by atoms with Gasteiger partial charge in [0.1, 0.15) is 15.5 Å². The van der Waals surface area contributed by atoms with E-state index in [4.69, 9.17) is 4.74 Å². The van der Waals surface area contributed by atoms with Gasteiger partial charge >= 0.3 is 12.0 Å². The number of carbonyl (C=O) groups excluding carboxylic acids is 2. The molecular weight excluding hydrogens is 953 g/mol. The molecule has 1 aliphatic rings. The average molecular weight is 979 g/mol. The predicted molar refractivity (Wildman–Crippen MR) is 228 cm³/mol. The summed E-state index contributed by atoms with van der Waals surface area (Å²) in [6.07, 6.45) is 0. The zero-order chi connectivity index (χ0) is 47.8. The molecule has 2 heterocycles. The van der Waals surface area contributed by atoms with Crippen LogP contribution >= 0.6 is 0 Å². The van der Waals surface area contributed by atoms with E-state index in [1.54, 1.807) is 0 Å². The number of carbonyl (C=O) groups is 2. The fraction of sp³-hybridized carbons (Fsp3) is 0.0256. The zero-order valence-corrected chi connectivity index (χ0v) is 36.1. The molecule has 0 saturated heterocycles. The predicted octanol–water partition coefficient (Wildman–Crippen LogP) is 4.14. The molecule has 0 radical (unpaired) electrons. The van der Waals surface area contributed by atoms with Crippen LogP contribution in [-0.2, 0) is 47.5 Å². The van der Waals surface area contributed by atoms with Gasteiger partial charge in [0.25, 0.3) is 46.0 Å². The molecule has 0 amide bonds. The van der Waals surface area contributed by atoms with Gasteiger partial charge in [-0.2, -0.15) is 43.6 Å². The normalized spacial score (nSPS) is 12.7. The number of ether oxygens (including phenoxy) is 1. The monoisotopic (exact) mass is 978 g/mol. The zero-order valence-electron chi connectivity index (χ0n) is 32.8. The van der Waals surface area contributed by atoms with Crippen molar-refractivity contribution in [2.45, 2.75) is 19.6 Å². The van der Waals surface area contributed by atoms with Gasteiger partial charge in [-0.05, 0) is 66.2 Å². The summed E-state index contributed by atoms with van der Waals surface area (Å²) in [5.74, 6) is -2.59. The molecule has 8 rings (SSSR count). The summed E-state index contributed by atoms with van der Waals surface area (Å²) in [4.78, 5) is 50.6. The van der Waals surface area contributed by atoms with Crippen molar-refractivity contribution in [2.24, 2.45) is 7.05 Å². The highest BCUT2D eigenvalue weighted by atomic mass is 32.2. The molecule has 23 nitrogen and oxygen atoms in total. The first-order valence-electron chi connectivity index (χ1n) is 18.1. The lowest BCUT2D eigenvalue weighted by Gasteiger charge is -2.26. The second-order valence-corrected chi connectivity index (χ2v) is 19.7. The molecule has 0 aliphatic heterocycles. The molecule has 7 N–H and O–H groups in total. The Kier molecular flexibility index (Phi) is 10.8. The lowest BCUT2D eigenvalue weighted by atomic mass is 9.80. The van der Waals surface area contributed by atoms with Crippen LogP contribution in [0.2, 0.25) is 0 Å². The Morgan fingerprint density at radius 3 is 1.86 bits per heavy atom. The van der Waals surface area contributed by atoms with Gasteiger partial charge in [0, 0.05) is 29.1 Å². The van der Waals surface area contributed by atoms with Gasteiger partial charge < -0.3 is 25.0 Å². The number of hydrogen-bond acceptors (Lipinski definition) is 18. The van der Waals surface area contributed by atoms with Crippen LogP contribution in [0.4, 0.5) is 23.0 Å². The molecule has 0 atom stereocenters. The third kappa shape index (κ3) is 8.33. The van der Waals surface area contributed by atoms with Gasteiger partial charge in [-0.25, -0.2) is 0 Å². The number of pyridine rings is 1. The molecule has 7 aromatic rings. The van der Waals surface area contributed by atoms with Crippen LogP contribution in [0, 0.1) is 0 Å². The second-order valence-electron chi connectivity index (χ2n) is 14.0. The first-order valence-corrected chi connectivity index (χ1v) is 23.9. The van der Waals surface area contributed by atoms with Gasteiger partial charge in [0.15, 0.2) is 11.6 Å². The van der Waals surface area contributed by atoms with Crippen LogP contribution in [0.3, 0.4) is 0 Å². The number of hydrogen-bond donors (Lipinski definition) is 7. The topological polar surface area (TPSA) is 366 Å². The van der Waals surface area contributed by atoms with Gasteiger partial charge in [-0.1, -0.05) is 36.4 Å². The Labute approximate surface area is 371 Å². The minimum absolute atomic E-state index is 0.0396. The highest BCUT2D eigenvalue weighted by Gasteiger charge is 2.35. The van der Waals surface area contributed by atoms with Crippen LogP contribution in [0.1, 0.15) is 31.8 Å². The fourth-order valence-electron chi connectivity index (χ4n) is 7.11. The number of aryl methyl sites for hydroxylation is 1. The number of aromatic hydroxyl groups is 1. The van der Waals surface area contributed by atoms with E-state index in [1.165, 1.54) is 49.5 Å². The van der Waals surface area contributed by atoms with Gasteiger partial charge in [-0.15, -0.1) is 4.98 Å². The van der Waals surface area contributed by atoms with Crippen molar-refractivity contribution in [2.75, 3.05) is 10.6 Å². The number of rotatable bonds is 12. The quantitative estimate of drug-likeness (QED) is 0.0668. The molecule has 1 aliphatic carbocycles. The molecule has 0 bridgehead atoms. The molecule has 2 aromatic heterocycles. The molecular formula is C39H26N6O17S4. The van der Waals surface area contributed by atoms with Crippen LogP contribution in [0.15, 0.2) is 121 Å². The van der Waals surface area contributed by atoms with Crippen molar-refractivity contribution in [1.29, 1.82) is 0 Å². The first-order chi connectivity index (χ1) is 30.8. The van der Waals surface area contributed by atoms with Crippen molar-refractivity contribution in [3.05, 3.63) is 130 Å². The molecule has 66 heavy (non-hydrogen) atoms. The van der Waals surface area contributed by atoms with Crippen LogP contribution < -0.4 is 20.9 Å². The number of nitrogens with zero attached hydrogens (tertiary/aromatic N) is 4. The first kappa shape index (κ1) is 45.1. The lowest BCUT2D eigenvalue weighted by molar-refractivity contribution is 0.102. The van der Waals surface area contributed by atoms with E-state index in [9.17, 15) is 71.4 Å². The maximum atomic E-state index is 14.5. The van der Waals surface area contributed by atoms with Crippen LogP contribution in [-0.4, -0.2) is 88.1 Å². The molecule has 338 valence electrons. The van der Waals surface area contributed by atoms with E-state index >= 15 is 0 Å². The Morgan fingerprint density at radius 1 is 0.621 bits per heavy atom. The van der Waals surface area contributed by atoms with Crippen molar-refractivity contribution >= 4 is 86.0 Å². The van der Waals surface area contributed by atoms with E-state index in [0.29, 0.717) is 6.07 Å². The smallest absolute Gasteiger partial charge is 0.330 e. The van der Waals surface area contributed by atoms with E-state index in [1.807, 2.05) is 0 Å². The summed E-state index contributed by atoms with van der Waals surface area (Å²) in [5, 5.41) is 15.3. The average Bonchev–Trinajstić information content (AvgIpc) is 3.22. The maximum Gasteiger partial charge on any atom is 0.330 e. The Bertz CT molecular complexity index is 3830. The molecule has 0 saturated carbocycles. The molecule has 0 fully saturated rings. The third-order valence-corrected chi connectivity index (χ3v) is 13.4. The lowest BCUT2D eigenvalue weighted by Crippen LogP contribution is -2.29. The van der Waals surface area contributed by atoms with Gasteiger partial charge in [0.2, 0.25) is 5.95 Å². The van der Waals surface area contributed by atoms with Crippen molar-refractivity contribution in [1.82, 2.24) is 19.5 Å². The van der Waals surface area contributed by atoms with Gasteiger partial charge in [0.05, 0.1) is 43.5 Å². The maximum absolute atomic E-state index is 14.5. The summed E-state index contributed by atoms with van der Waals surface area (Å²) < 4.78 is 144. The van der Waals surface area contributed by atoms with Crippen LogP contribution in [0.5, 0.6) is 17.8 Å². The highest BCUT2D eigenvalue weighted by Crippen LogP contribution is 2.45. The summed E-state index contributed by atoms with van der Waals surface area (Å²) in [6.45, 7) is 0. The van der Waals surface area contributed by atoms with Crippen molar-refractivity contribution in [3.63, 3.8) is 0 Å². The number of ketones is 2. The number of anilines is 4. The molecule has 5 aromatic carbocycles. The largest absolute Gasteiger partial charge is 0.479 e. The Morgan fingerprint density at radius 2 is 1.24 bits per heavy atom. The summed E-state index contributed by atoms with van der Waals surface area (Å²) in [6, 6.07) is 16.0. The minimum Gasteiger partial charge on any atom is -0.479 e. The van der Waals surface area contributed by atoms with E-state index < -0.39 is 112 Å². The van der Waals surface area contributed by atoms with Crippen LogP contribution in [0.25, 0.3) is 22.0 Å². The van der Waals surface area contributed by atoms with E-state index in [-0.39, 0.29) is 50.2 Å².